The van der Waals surface area contributed by atoms with Gasteiger partial charge in [-0.25, -0.2) is 0 Å². The smallest absolute Gasteiger partial charge is 0.253 e. The third-order valence-corrected chi connectivity index (χ3v) is 5.91. The first-order chi connectivity index (χ1) is 8.08. The second kappa shape index (κ2) is 6.04. The summed E-state index contributed by atoms with van der Waals surface area (Å²) in [4.78, 5) is 11.9. The predicted octanol–water partition coefficient (Wildman–Crippen LogP) is 4.41. The van der Waals surface area contributed by atoms with E-state index < -0.39 is 0 Å². The SMILES string of the molecule is O=C(NCC1CCCC1Cl)c1cc(Br)sc1Br. The minimum atomic E-state index is -0.0328. The Morgan fingerprint density at radius 3 is 2.82 bits per heavy atom. The van der Waals surface area contributed by atoms with Gasteiger partial charge in [0, 0.05) is 11.9 Å². The molecule has 1 N–H and O–H groups in total. The van der Waals surface area contributed by atoms with Crippen molar-refractivity contribution in [2.45, 2.75) is 24.6 Å². The van der Waals surface area contributed by atoms with Gasteiger partial charge < -0.3 is 5.32 Å². The maximum absolute atomic E-state index is 11.9. The quantitative estimate of drug-likeness (QED) is 0.747. The van der Waals surface area contributed by atoms with E-state index in [1.165, 1.54) is 17.8 Å². The van der Waals surface area contributed by atoms with Crippen LogP contribution in [0.4, 0.5) is 0 Å². The summed E-state index contributed by atoms with van der Waals surface area (Å²) in [5.41, 5.74) is 0.686. The lowest BCUT2D eigenvalue weighted by Gasteiger charge is -2.14. The molecule has 2 rings (SSSR count). The summed E-state index contributed by atoms with van der Waals surface area (Å²) in [6.07, 6.45) is 3.35. The Morgan fingerprint density at radius 1 is 1.53 bits per heavy atom. The van der Waals surface area contributed by atoms with E-state index in [1.807, 2.05) is 6.07 Å². The molecule has 1 saturated carbocycles. The third kappa shape index (κ3) is 3.46. The van der Waals surface area contributed by atoms with E-state index in [-0.39, 0.29) is 11.3 Å². The molecule has 1 fully saturated rings. The number of carbonyl (C=O) groups is 1. The standard InChI is InChI=1S/C11H12Br2ClNOS/c12-9-4-7(10(13)17-9)11(16)15-5-6-2-1-3-8(6)14/h4,6,8H,1-3,5H2,(H,15,16). The highest BCUT2D eigenvalue weighted by Crippen LogP contribution is 2.32. The molecular formula is C11H12Br2ClNOS. The fourth-order valence-electron chi connectivity index (χ4n) is 2.04. The van der Waals surface area contributed by atoms with E-state index in [0.29, 0.717) is 18.0 Å². The lowest BCUT2D eigenvalue weighted by molar-refractivity contribution is 0.0947. The van der Waals surface area contributed by atoms with Gasteiger partial charge in [0.15, 0.2) is 0 Å². The van der Waals surface area contributed by atoms with Crippen LogP contribution in [-0.4, -0.2) is 17.8 Å². The van der Waals surface area contributed by atoms with Crippen LogP contribution in [0.15, 0.2) is 13.6 Å². The van der Waals surface area contributed by atoms with Gasteiger partial charge in [-0.3, -0.25) is 4.79 Å². The van der Waals surface area contributed by atoms with Crippen LogP contribution < -0.4 is 5.32 Å². The molecule has 2 nitrogen and oxygen atoms in total. The number of alkyl halides is 1. The number of rotatable bonds is 3. The highest BCUT2D eigenvalue weighted by molar-refractivity contribution is 9.12. The van der Waals surface area contributed by atoms with Crippen LogP contribution in [0.5, 0.6) is 0 Å². The highest BCUT2D eigenvalue weighted by atomic mass is 79.9. The number of thiophene rings is 1. The number of halogens is 3. The van der Waals surface area contributed by atoms with Crippen LogP contribution in [0, 0.1) is 5.92 Å². The van der Waals surface area contributed by atoms with Crippen LogP contribution in [0.2, 0.25) is 0 Å². The average molecular weight is 402 g/mol. The summed E-state index contributed by atoms with van der Waals surface area (Å²) in [5, 5.41) is 3.17. The van der Waals surface area contributed by atoms with Gasteiger partial charge in [0.25, 0.3) is 5.91 Å². The summed E-state index contributed by atoms with van der Waals surface area (Å²) in [6, 6.07) is 1.83. The van der Waals surface area contributed by atoms with Crippen molar-refractivity contribution in [3.8, 4) is 0 Å². The van der Waals surface area contributed by atoms with Gasteiger partial charge in [-0.15, -0.1) is 22.9 Å². The first kappa shape index (κ1) is 13.8. The summed E-state index contributed by atoms with van der Waals surface area (Å²) < 4.78 is 1.81. The predicted molar refractivity (Wildman–Crippen MR) is 79.0 cm³/mol. The molecule has 0 bridgehead atoms. The summed E-state index contributed by atoms with van der Waals surface area (Å²) in [5.74, 6) is 0.385. The summed E-state index contributed by atoms with van der Waals surface area (Å²) in [6.45, 7) is 0.674. The van der Waals surface area contributed by atoms with Crippen molar-refractivity contribution in [2.24, 2.45) is 5.92 Å². The van der Waals surface area contributed by atoms with Crippen molar-refractivity contribution in [2.75, 3.05) is 6.54 Å². The van der Waals surface area contributed by atoms with Gasteiger partial charge in [-0.2, -0.15) is 0 Å². The lowest BCUT2D eigenvalue weighted by Crippen LogP contribution is -2.31. The van der Waals surface area contributed by atoms with Crippen LogP contribution >= 0.6 is 54.8 Å². The van der Waals surface area contributed by atoms with E-state index in [2.05, 4.69) is 37.2 Å². The van der Waals surface area contributed by atoms with Gasteiger partial charge in [0.1, 0.15) is 0 Å². The van der Waals surface area contributed by atoms with E-state index in [1.54, 1.807) is 0 Å². The number of carbonyl (C=O) groups excluding carboxylic acids is 1. The van der Waals surface area contributed by atoms with E-state index in [9.17, 15) is 4.79 Å². The van der Waals surface area contributed by atoms with Crippen molar-refractivity contribution < 1.29 is 4.79 Å². The van der Waals surface area contributed by atoms with Gasteiger partial charge in [0.05, 0.1) is 13.1 Å². The Hall–Kier alpha value is 0.420. The number of amides is 1. The highest BCUT2D eigenvalue weighted by Gasteiger charge is 2.26. The molecule has 6 heteroatoms. The molecule has 0 spiro atoms. The van der Waals surface area contributed by atoms with Crippen LogP contribution in [0.1, 0.15) is 29.6 Å². The average Bonchev–Trinajstić information content (AvgIpc) is 2.81. The second-order valence-corrected chi connectivity index (χ2v) is 8.46. The van der Waals surface area contributed by atoms with Crippen LogP contribution in [-0.2, 0) is 0 Å². The van der Waals surface area contributed by atoms with Gasteiger partial charge in [-0.1, -0.05) is 6.42 Å². The molecule has 0 saturated heterocycles. The zero-order valence-electron chi connectivity index (χ0n) is 9.01. The Kier molecular flexibility index (Phi) is 4.92. The van der Waals surface area contributed by atoms with Crippen molar-refractivity contribution >= 4 is 60.7 Å². The van der Waals surface area contributed by atoms with E-state index in [4.69, 9.17) is 11.6 Å². The largest absolute Gasteiger partial charge is 0.352 e. The summed E-state index contributed by atoms with van der Waals surface area (Å²) >= 11 is 14.4. The topological polar surface area (TPSA) is 29.1 Å². The molecule has 0 radical (unpaired) electrons. The molecule has 1 aromatic rings. The van der Waals surface area contributed by atoms with Crippen molar-refractivity contribution in [1.82, 2.24) is 5.32 Å². The van der Waals surface area contributed by atoms with Crippen LogP contribution in [0.3, 0.4) is 0 Å². The zero-order valence-corrected chi connectivity index (χ0v) is 13.8. The Balaban J connectivity index is 1.91. The molecule has 0 aromatic carbocycles. The molecule has 1 heterocycles. The fourth-order valence-corrected chi connectivity index (χ4v) is 5.20. The number of nitrogens with one attached hydrogen (secondary N) is 1. The molecule has 1 amide bonds. The zero-order chi connectivity index (χ0) is 12.4. The van der Waals surface area contributed by atoms with Crippen LogP contribution in [0.25, 0.3) is 0 Å². The number of hydrogen-bond donors (Lipinski definition) is 1. The van der Waals surface area contributed by atoms with Crippen molar-refractivity contribution in [1.29, 1.82) is 0 Å². The maximum Gasteiger partial charge on any atom is 0.253 e. The molecule has 1 aliphatic rings. The molecule has 17 heavy (non-hydrogen) atoms. The molecule has 0 aliphatic heterocycles. The second-order valence-electron chi connectivity index (χ2n) is 4.15. The molecule has 2 atom stereocenters. The molecular weight excluding hydrogens is 389 g/mol. The first-order valence-electron chi connectivity index (χ1n) is 5.45. The van der Waals surface area contributed by atoms with Gasteiger partial charge in [0.2, 0.25) is 0 Å². The fraction of sp³-hybridized carbons (Fsp3) is 0.545. The molecule has 1 aliphatic carbocycles. The minimum Gasteiger partial charge on any atom is -0.352 e. The minimum absolute atomic E-state index is 0.0328. The van der Waals surface area contributed by atoms with Crippen molar-refractivity contribution in [3.05, 3.63) is 19.2 Å². The third-order valence-electron chi connectivity index (χ3n) is 2.99. The summed E-state index contributed by atoms with van der Waals surface area (Å²) in [7, 11) is 0. The maximum atomic E-state index is 11.9. The normalized spacial score (nSPS) is 23.9. The van der Waals surface area contributed by atoms with E-state index in [0.717, 1.165) is 20.4 Å². The Bertz CT molecular complexity index is 424. The first-order valence-corrected chi connectivity index (χ1v) is 8.29. The van der Waals surface area contributed by atoms with Gasteiger partial charge >= 0.3 is 0 Å². The monoisotopic (exact) mass is 399 g/mol. The number of hydrogen-bond acceptors (Lipinski definition) is 2. The lowest BCUT2D eigenvalue weighted by atomic mass is 10.1. The Labute approximate surface area is 126 Å². The Morgan fingerprint density at radius 2 is 2.29 bits per heavy atom. The van der Waals surface area contributed by atoms with E-state index >= 15 is 0 Å². The van der Waals surface area contributed by atoms with Crippen molar-refractivity contribution in [3.63, 3.8) is 0 Å². The molecule has 1 aromatic heterocycles. The molecule has 2 unspecified atom stereocenters. The molecule has 94 valence electrons. The van der Waals surface area contributed by atoms with Gasteiger partial charge in [-0.05, 0) is 56.7 Å².